The summed E-state index contributed by atoms with van der Waals surface area (Å²) < 4.78 is 1.42. The van der Waals surface area contributed by atoms with Crippen LogP contribution >= 0.6 is 0 Å². The van der Waals surface area contributed by atoms with Crippen LogP contribution in [0.3, 0.4) is 0 Å². The Kier molecular flexibility index (Phi) is 13.0. The SMILES string of the molecule is CC(C)(C)c1[c-]c2c(cc1)-c1ccc(C(C)(C)C)cc1C2.CC(C)(C)c1ccc([C](=[Zr+2])c2ccc(C(C)(C)C)cc2)cc1.CC1[C-]=CC(C(C)(C)C)=C1. The van der Waals surface area contributed by atoms with Crippen LogP contribution in [0.5, 0.6) is 0 Å². The molecule has 6 rings (SSSR count). The first-order valence-electron chi connectivity index (χ1n) is 19.6. The van der Waals surface area contributed by atoms with Crippen LogP contribution in [-0.4, -0.2) is 3.21 Å². The molecule has 2 aliphatic rings. The van der Waals surface area contributed by atoms with Crippen molar-refractivity contribution >= 4 is 3.21 Å². The Balaban J connectivity index is 0.000000190. The van der Waals surface area contributed by atoms with Crippen molar-refractivity contribution in [3.63, 3.8) is 0 Å². The monoisotopic (exact) mass is 780 g/mol. The van der Waals surface area contributed by atoms with E-state index < -0.39 is 0 Å². The zero-order valence-corrected chi connectivity index (χ0v) is 38.4. The molecule has 0 aliphatic heterocycles. The molecule has 0 radical (unpaired) electrons. The molecule has 0 fully saturated rings. The molecule has 0 nitrogen and oxygen atoms in total. The van der Waals surface area contributed by atoms with E-state index in [1.807, 2.05) is 0 Å². The molecule has 2 aliphatic carbocycles. The van der Waals surface area contributed by atoms with Gasteiger partial charge in [0, 0.05) is 0 Å². The fraction of sp³-hybridized carbons (Fsp3) is 0.442. The van der Waals surface area contributed by atoms with Crippen LogP contribution in [0.25, 0.3) is 11.1 Å². The summed E-state index contributed by atoms with van der Waals surface area (Å²) >= 11 is 1.46. The fourth-order valence-electron chi connectivity index (χ4n) is 6.52. The Morgan fingerprint density at radius 2 is 1.00 bits per heavy atom. The van der Waals surface area contributed by atoms with Crippen LogP contribution in [0.15, 0.2) is 96.6 Å². The summed E-state index contributed by atoms with van der Waals surface area (Å²) in [6.07, 6.45) is 8.68. The van der Waals surface area contributed by atoms with Crippen LogP contribution in [0.4, 0.5) is 0 Å². The van der Waals surface area contributed by atoms with E-state index in [1.54, 1.807) is 0 Å². The molecule has 1 unspecified atom stereocenters. The molecule has 0 saturated heterocycles. The largest absolute Gasteiger partial charge is 0.270 e. The molecule has 0 heterocycles. The van der Waals surface area contributed by atoms with E-state index in [0.717, 1.165) is 6.42 Å². The maximum Gasteiger partial charge on any atom is -0.0716 e. The second-order valence-corrected chi connectivity index (χ2v) is 21.5. The van der Waals surface area contributed by atoms with Gasteiger partial charge in [-0.05, 0) is 28.4 Å². The van der Waals surface area contributed by atoms with E-state index >= 15 is 0 Å². The summed E-state index contributed by atoms with van der Waals surface area (Å²) in [6.45, 7) is 36.0. The van der Waals surface area contributed by atoms with Gasteiger partial charge in [0.25, 0.3) is 0 Å². The van der Waals surface area contributed by atoms with Crippen LogP contribution in [0.1, 0.15) is 155 Å². The molecule has 0 N–H and O–H groups in total. The number of hydrogen-bond acceptors (Lipinski definition) is 0. The molecule has 0 aromatic heterocycles. The minimum atomic E-state index is 0.167. The average Bonchev–Trinajstić information content (AvgIpc) is 3.66. The third-order valence-electron chi connectivity index (χ3n) is 10.3. The predicted octanol–water partition coefficient (Wildman–Crippen LogP) is 14.0. The van der Waals surface area contributed by atoms with E-state index in [-0.39, 0.29) is 21.7 Å². The Bertz CT molecular complexity index is 1820. The van der Waals surface area contributed by atoms with Gasteiger partial charge in [0.2, 0.25) is 0 Å². The van der Waals surface area contributed by atoms with Crippen molar-refractivity contribution < 1.29 is 24.2 Å². The van der Waals surface area contributed by atoms with E-state index in [2.05, 4.69) is 214 Å². The van der Waals surface area contributed by atoms with E-state index in [0.29, 0.717) is 11.3 Å². The summed E-state index contributed by atoms with van der Waals surface area (Å²) in [4.78, 5) is 0. The minimum Gasteiger partial charge on any atom is -0.270 e. The molecule has 1 atom stereocenters. The average molecular weight is 782 g/mol. The first-order chi connectivity index (χ1) is 24.2. The zero-order chi connectivity index (χ0) is 39.7. The van der Waals surface area contributed by atoms with E-state index in [4.69, 9.17) is 0 Å². The summed E-state index contributed by atoms with van der Waals surface area (Å²) in [5.74, 6) is 0.522. The topological polar surface area (TPSA) is 0 Å². The maximum atomic E-state index is 3.67. The first kappa shape index (κ1) is 42.8. The standard InChI is InChI=1S/C21H25.C21H26.C10H15.Zr/c1-20(2,3)16-7-9-18-14(12-16)11-15-13-17(21(4,5)6)8-10-19(15)18;1-20(2,3)18-11-7-16(8-12-18)15-17-9-13-19(14-10-17)21(4,5)6;1-8-5-6-9(7-8)10(2,3)4;/h7-10,12H,11H2,1-6H3;7-14H,1-6H3;6-8H,1-4H3;/q-1;;-1;+2. The summed E-state index contributed by atoms with van der Waals surface area (Å²) in [5, 5.41) is 0. The molecule has 1 heteroatoms. The molecule has 0 bridgehead atoms. The smallest absolute Gasteiger partial charge is 0.0716 e. The van der Waals surface area contributed by atoms with Gasteiger partial charge in [0.05, 0.1) is 0 Å². The van der Waals surface area contributed by atoms with Gasteiger partial charge in [0.15, 0.2) is 0 Å². The number of benzene rings is 4. The molecule has 53 heavy (non-hydrogen) atoms. The second-order valence-electron chi connectivity index (χ2n) is 20.3. The molecular formula is C52H66Zr. The van der Waals surface area contributed by atoms with E-state index in [1.165, 1.54) is 88.6 Å². The van der Waals surface area contributed by atoms with Crippen molar-refractivity contribution in [2.24, 2.45) is 11.3 Å². The fourth-order valence-corrected chi connectivity index (χ4v) is 7.34. The number of fused-ring (bicyclic) bond motifs is 3. The van der Waals surface area contributed by atoms with Gasteiger partial charge in [0.1, 0.15) is 0 Å². The molecule has 4 aromatic carbocycles. The van der Waals surface area contributed by atoms with Gasteiger partial charge in [-0.25, -0.2) is 6.08 Å². The van der Waals surface area contributed by atoms with Crippen LogP contribution in [0.2, 0.25) is 0 Å². The summed E-state index contributed by atoms with van der Waals surface area (Å²) in [6, 6.07) is 33.3. The van der Waals surface area contributed by atoms with Crippen molar-refractivity contribution in [1.82, 2.24) is 0 Å². The van der Waals surface area contributed by atoms with Crippen molar-refractivity contribution in [1.29, 1.82) is 0 Å². The Morgan fingerprint density at radius 3 is 1.38 bits per heavy atom. The van der Waals surface area contributed by atoms with Crippen LogP contribution in [-0.2, 0) is 52.3 Å². The summed E-state index contributed by atoms with van der Waals surface area (Å²) in [7, 11) is 0. The summed E-state index contributed by atoms with van der Waals surface area (Å²) in [5.41, 5.74) is 16.3. The predicted molar refractivity (Wildman–Crippen MR) is 229 cm³/mol. The normalized spacial score (nSPS) is 15.4. The minimum absolute atomic E-state index is 0.167. The molecule has 4 aromatic rings. The number of allylic oxidation sites excluding steroid dienone is 4. The van der Waals surface area contributed by atoms with Gasteiger partial charge in [-0.2, -0.15) is 35.4 Å². The number of rotatable bonds is 2. The third-order valence-corrected chi connectivity index (χ3v) is 11.8. The molecule has 0 spiro atoms. The molecule has 0 saturated carbocycles. The molecular weight excluding hydrogens is 716 g/mol. The van der Waals surface area contributed by atoms with Crippen LogP contribution in [0, 0.1) is 23.5 Å². The van der Waals surface area contributed by atoms with Gasteiger partial charge < -0.3 is 0 Å². The van der Waals surface area contributed by atoms with Gasteiger partial charge in [-0.15, -0.1) is 11.1 Å². The third kappa shape index (κ3) is 11.3. The van der Waals surface area contributed by atoms with Crippen molar-refractivity contribution in [2.45, 2.75) is 139 Å². The van der Waals surface area contributed by atoms with Crippen molar-refractivity contribution in [3.8, 4) is 11.1 Å². The van der Waals surface area contributed by atoms with Gasteiger partial charge in [-0.1, -0.05) is 104 Å². The maximum absolute atomic E-state index is 3.67. The quantitative estimate of drug-likeness (QED) is 0.157. The Morgan fingerprint density at radius 1 is 0.547 bits per heavy atom. The van der Waals surface area contributed by atoms with Crippen molar-refractivity contribution in [2.75, 3.05) is 0 Å². The Hall–Kier alpha value is -2.89. The van der Waals surface area contributed by atoms with Crippen molar-refractivity contribution in [3.05, 3.63) is 153 Å². The molecule has 0 amide bonds. The number of hydrogen-bond donors (Lipinski definition) is 0. The molecule has 278 valence electrons. The van der Waals surface area contributed by atoms with Crippen LogP contribution < -0.4 is 0 Å². The van der Waals surface area contributed by atoms with Gasteiger partial charge in [-0.3, -0.25) is 6.08 Å². The van der Waals surface area contributed by atoms with Gasteiger partial charge >= 0.3 is 151 Å². The Labute approximate surface area is 340 Å². The van der Waals surface area contributed by atoms with E-state index in [9.17, 15) is 0 Å². The second kappa shape index (κ2) is 16.1. The first-order valence-corrected chi connectivity index (χ1v) is 20.8. The zero-order valence-electron chi connectivity index (χ0n) is 35.9.